The van der Waals surface area contributed by atoms with Crippen molar-refractivity contribution in [2.45, 2.75) is 13.0 Å². The molecule has 0 aliphatic carbocycles. The Labute approximate surface area is 92.1 Å². The van der Waals surface area contributed by atoms with Crippen LogP contribution in [0.4, 0.5) is 0 Å². The summed E-state index contributed by atoms with van der Waals surface area (Å²) in [5.41, 5.74) is 7.36. The van der Waals surface area contributed by atoms with E-state index in [-0.39, 0.29) is 12.5 Å². The SMILES string of the molecule is Cc1ccncc1-c1noc([C@H](N)CO)n1. The number of aryl methyl sites for hydroxylation is 1. The Morgan fingerprint density at radius 1 is 1.56 bits per heavy atom. The maximum Gasteiger partial charge on any atom is 0.246 e. The largest absolute Gasteiger partial charge is 0.394 e. The number of aliphatic hydroxyl groups is 1. The van der Waals surface area contributed by atoms with Crippen molar-refractivity contribution in [2.75, 3.05) is 6.61 Å². The fourth-order valence-electron chi connectivity index (χ4n) is 1.27. The first-order chi connectivity index (χ1) is 7.72. The van der Waals surface area contributed by atoms with Gasteiger partial charge in [0.2, 0.25) is 11.7 Å². The lowest BCUT2D eigenvalue weighted by atomic mass is 10.1. The molecule has 1 atom stereocenters. The van der Waals surface area contributed by atoms with Crippen molar-refractivity contribution in [3.05, 3.63) is 29.9 Å². The summed E-state index contributed by atoms with van der Waals surface area (Å²) in [6, 6.07) is 1.22. The first-order valence-corrected chi connectivity index (χ1v) is 4.83. The van der Waals surface area contributed by atoms with Gasteiger partial charge < -0.3 is 15.4 Å². The molecular formula is C10H12N4O2. The van der Waals surface area contributed by atoms with Crippen molar-refractivity contribution in [3.63, 3.8) is 0 Å². The average Bonchev–Trinajstić information content (AvgIpc) is 2.78. The van der Waals surface area contributed by atoms with Gasteiger partial charge in [-0.1, -0.05) is 5.16 Å². The molecule has 2 aromatic rings. The van der Waals surface area contributed by atoms with Gasteiger partial charge in [0.1, 0.15) is 6.04 Å². The molecule has 84 valence electrons. The zero-order valence-electron chi connectivity index (χ0n) is 8.79. The number of hydrogen-bond acceptors (Lipinski definition) is 6. The molecule has 0 bridgehead atoms. The van der Waals surface area contributed by atoms with Crippen LogP contribution in [0.1, 0.15) is 17.5 Å². The number of aromatic nitrogens is 3. The predicted octanol–water partition coefficient (Wildman–Crippen LogP) is 0.432. The minimum absolute atomic E-state index is 0.223. The van der Waals surface area contributed by atoms with Gasteiger partial charge >= 0.3 is 0 Å². The minimum atomic E-state index is -0.641. The molecule has 6 nitrogen and oxygen atoms in total. The molecule has 0 amide bonds. The van der Waals surface area contributed by atoms with E-state index in [2.05, 4.69) is 15.1 Å². The number of rotatable bonds is 3. The van der Waals surface area contributed by atoms with Crippen molar-refractivity contribution < 1.29 is 9.63 Å². The highest BCUT2D eigenvalue weighted by molar-refractivity contribution is 5.57. The van der Waals surface area contributed by atoms with E-state index in [9.17, 15) is 0 Å². The zero-order chi connectivity index (χ0) is 11.5. The smallest absolute Gasteiger partial charge is 0.246 e. The van der Waals surface area contributed by atoms with Gasteiger partial charge in [-0.2, -0.15) is 4.98 Å². The Bertz CT molecular complexity index is 483. The van der Waals surface area contributed by atoms with Crippen LogP contribution in [-0.4, -0.2) is 26.8 Å². The minimum Gasteiger partial charge on any atom is -0.394 e. The van der Waals surface area contributed by atoms with Gasteiger partial charge in [-0.25, -0.2) is 0 Å². The Morgan fingerprint density at radius 3 is 3.06 bits per heavy atom. The maximum atomic E-state index is 8.86. The summed E-state index contributed by atoms with van der Waals surface area (Å²) in [5, 5.41) is 12.7. The third-order valence-electron chi connectivity index (χ3n) is 2.24. The molecule has 3 N–H and O–H groups in total. The van der Waals surface area contributed by atoms with Crippen LogP contribution in [0.15, 0.2) is 23.0 Å². The van der Waals surface area contributed by atoms with Gasteiger partial charge in [-0.3, -0.25) is 4.98 Å². The molecule has 2 aromatic heterocycles. The molecule has 0 radical (unpaired) electrons. The molecule has 0 saturated heterocycles. The number of aliphatic hydroxyl groups excluding tert-OH is 1. The first-order valence-electron chi connectivity index (χ1n) is 4.83. The summed E-state index contributed by atoms with van der Waals surface area (Å²) in [4.78, 5) is 8.10. The Kier molecular flexibility index (Phi) is 2.93. The van der Waals surface area contributed by atoms with Crippen LogP contribution in [0, 0.1) is 6.92 Å². The summed E-state index contributed by atoms with van der Waals surface area (Å²) in [6.45, 7) is 1.70. The number of hydrogen-bond donors (Lipinski definition) is 2. The van der Waals surface area contributed by atoms with Crippen LogP contribution in [-0.2, 0) is 0 Å². The van der Waals surface area contributed by atoms with E-state index in [1.165, 1.54) is 0 Å². The highest BCUT2D eigenvalue weighted by Crippen LogP contribution is 2.20. The van der Waals surface area contributed by atoms with Gasteiger partial charge in [0, 0.05) is 18.0 Å². The fraction of sp³-hybridized carbons (Fsp3) is 0.300. The number of pyridine rings is 1. The molecule has 0 aliphatic heterocycles. The molecule has 0 spiro atoms. The lowest BCUT2D eigenvalue weighted by molar-refractivity contribution is 0.237. The summed E-state index contributed by atoms with van der Waals surface area (Å²) >= 11 is 0. The van der Waals surface area contributed by atoms with Crippen LogP contribution < -0.4 is 5.73 Å². The van der Waals surface area contributed by atoms with Gasteiger partial charge in [0.05, 0.1) is 6.61 Å². The Hall–Kier alpha value is -1.79. The van der Waals surface area contributed by atoms with Crippen molar-refractivity contribution in [3.8, 4) is 11.4 Å². The summed E-state index contributed by atoms with van der Waals surface area (Å²) in [5.74, 6) is 0.658. The average molecular weight is 220 g/mol. The summed E-state index contributed by atoms with van der Waals surface area (Å²) in [6.07, 6.45) is 3.35. The lowest BCUT2D eigenvalue weighted by Crippen LogP contribution is -2.14. The van der Waals surface area contributed by atoms with Crippen LogP contribution in [0.3, 0.4) is 0 Å². The molecule has 0 aliphatic rings. The van der Waals surface area contributed by atoms with Gasteiger partial charge in [0.25, 0.3) is 0 Å². The van der Waals surface area contributed by atoms with E-state index in [0.29, 0.717) is 5.82 Å². The Morgan fingerprint density at radius 2 is 2.38 bits per heavy atom. The molecule has 16 heavy (non-hydrogen) atoms. The van der Waals surface area contributed by atoms with Crippen molar-refractivity contribution in [1.29, 1.82) is 0 Å². The molecule has 0 fully saturated rings. The van der Waals surface area contributed by atoms with E-state index in [0.717, 1.165) is 11.1 Å². The van der Waals surface area contributed by atoms with E-state index in [1.54, 1.807) is 12.4 Å². The molecule has 2 rings (SSSR count). The predicted molar refractivity (Wildman–Crippen MR) is 56.3 cm³/mol. The van der Waals surface area contributed by atoms with Gasteiger partial charge in [-0.15, -0.1) is 0 Å². The lowest BCUT2D eigenvalue weighted by Gasteiger charge is -1.99. The maximum absolute atomic E-state index is 8.86. The summed E-state index contributed by atoms with van der Waals surface area (Å²) < 4.78 is 4.95. The highest BCUT2D eigenvalue weighted by atomic mass is 16.5. The number of nitrogens with zero attached hydrogens (tertiary/aromatic N) is 3. The Balaban J connectivity index is 2.35. The van der Waals surface area contributed by atoms with Crippen LogP contribution in [0.2, 0.25) is 0 Å². The van der Waals surface area contributed by atoms with E-state index < -0.39 is 6.04 Å². The van der Waals surface area contributed by atoms with Crippen LogP contribution in [0.5, 0.6) is 0 Å². The highest BCUT2D eigenvalue weighted by Gasteiger charge is 2.15. The third-order valence-corrected chi connectivity index (χ3v) is 2.24. The molecule has 2 heterocycles. The van der Waals surface area contributed by atoms with Crippen LogP contribution >= 0.6 is 0 Å². The molecule has 0 saturated carbocycles. The molecular weight excluding hydrogens is 208 g/mol. The normalized spacial score (nSPS) is 12.7. The monoisotopic (exact) mass is 220 g/mol. The molecule has 0 aromatic carbocycles. The van der Waals surface area contributed by atoms with Gasteiger partial charge in [0.15, 0.2) is 0 Å². The second-order valence-electron chi connectivity index (χ2n) is 3.44. The quantitative estimate of drug-likeness (QED) is 0.778. The zero-order valence-corrected chi connectivity index (χ0v) is 8.79. The second kappa shape index (κ2) is 4.38. The van der Waals surface area contributed by atoms with E-state index in [4.69, 9.17) is 15.4 Å². The summed E-state index contributed by atoms with van der Waals surface area (Å²) in [7, 11) is 0. The fourth-order valence-corrected chi connectivity index (χ4v) is 1.27. The second-order valence-corrected chi connectivity index (χ2v) is 3.44. The standard InChI is InChI=1S/C10H12N4O2/c1-6-2-3-12-4-7(6)9-13-10(16-14-9)8(11)5-15/h2-4,8,15H,5,11H2,1H3/t8-/m1/s1. The van der Waals surface area contributed by atoms with Crippen molar-refractivity contribution in [1.82, 2.24) is 15.1 Å². The van der Waals surface area contributed by atoms with Gasteiger partial charge in [-0.05, 0) is 18.6 Å². The first kappa shape index (κ1) is 10.7. The van der Waals surface area contributed by atoms with E-state index >= 15 is 0 Å². The van der Waals surface area contributed by atoms with Crippen molar-refractivity contribution in [2.24, 2.45) is 5.73 Å². The number of nitrogens with two attached hydrogens (primary N) is 1. The van der Waals surface area contributed by atoms with E-state index in [1.807, 2.05) is 13.0 Å². The van der Waals surface area contributed by atoms with Crippen molar-refractivity contribution >= 4 is 0 Å². The topological polar surface area (TPSA) is 98.1 Å². The molecule has 6 heteroatoms. The molecule has 0 unspecified atom stereocenters. The van der Waals surface area contributed by atoms with Crippen LogP contribution in [0.25, 0.3) is 11.4 Å². The third kappa shape index (κ3) is 1.93.